The number of rotatable bonds is 2. The van der Waals surface area contributed by atoms with Crippen LogP contribution in [0.4, 0.5) is 4.39 Å². The van der Waals surface area contributed by atoms with Gasteiger partial charge in [0.2, 0.25) is 5.76 Å². The summed E-state index contributed by atoms with van der Waals surface area (Å²) in [6, 6.07) is 15.5. The highest BCUT2D eigenvalue weighted by molar-refractivity contribution is 5.94. The normalized spacial score (nSPS) is 21.0. The van der Waals surface area contributed by atoms with E-state index in [4.69, 9.17) is 14.0 Å². The molecule has 5 rings (SSSR count). The number of benzene rings is 2. The third kappa shape index (κ3) is 4.97. The van der Waals surface area contributed by atoms with Crippen molar-refractivity contribution in [2.75, 3.05) is 32.8 Å². The fraction of sp³-hybridized carbons (Fsp3) is 0.370. The van der Waals surface area contributed by atoms with Gasteiger partial charge in [0.1, 0.15) is 23.9 Å². The van der Waals surface area contributed by atoms with E-state index < -0.39 is 17.3 Å². The lowest BCUT2D eigenvalue weighted by atomic mass is 9.91. The summed E-state index contributed by atoms with van der Waals surface area (Å²) >= 11 is 0. The minimum Gasteiger partial charge on any atom is -0.491 e. The number of morpholine rings is 1. The number of para-hydroxylation sites is 1. The summed E-state index contributed by atoms with van der Waals surface area (Å²) in [4.78, 5) is 28.1. The van der Waals surface area contributed by atoms with Crippen molar-refractivity contribution in [3.05, 3.63) is 71.7 Å². The molecule has 3 heterocycles. The Morgan fingerprint density at radius 2 is 1.92 bits per heavy atom. The average molecular weight is 494 g/mol. The average Bonchev–Trinajstić information content (AvgIpc) is 3.39. The van der Waals surface area contributed by atoms with E-state index in [1.807, 2.05) is 18.2 Å². The van der Waals surface area contributed by atoms with Gasteiger partial charge in [0, 0.05) is 18.2 Å². The predicted molar refractivity (Wildman–Crippen MR) is 129 cm³/mol. The minimum atomic E-state index is -1.17. The molecule has 9 heteroatoms. The summed E-state index contributed by atoms with van der Waals surface area (Å²) in [5, 5.41) is 6.80. The second-order valence-electron chi connectivity index (χ2n) is 9.04. The monoisotopic (exact) mass is 493 g/mol. The van der Waals surface area contributed by atoms with Gasteiger partial charge in [-0.1, -0.05) is 35.5 Å². The van der Waals surface area contributed by atoms with Crippen LogP contribution in [-0.2, 0) is 16.0 Å². The lowest BCUT2D eigenvalue weighted by molar-refractivity contribution is -0.159. The summed E-state index contributed by atoms with van der Waals surface area (Å²) in [6.45, 7) is 1.26. The maximum Gasteiger partial charge on any atom is 0.292 e. The van der Waals surface area contributed by atoms with Gasteiger partial charge in [-0.15, -0.1) is 0 Å². The van der Waals surface area contributed by atoms with Gasteiger partial charge in [0.15, 0.2) is 5.60 Å². The Morgan fingerprint density at radius 3 is 2.81 bits per heavy atom. The topological polar surface area (TPSA) is 93.9 Å². The SMILES string of the molecule is O=C(c1cc(-c2ccccc2F)no1)N1CCOC2(CCCCc3ccccc3OCCNC2=O)C1. The second kappa shape index (κ2) is 10.5. The molecule has 1 unspecified atom stereocenters. The smallest absolute Gasteiger partial charge is 0.292 e. The molecular formula is C27H28FN3O5. The molecule has 0 bridgehead atoms. The molecule has 2 aliphatic rings. The first kappa shape index (κ1) is 24.0. The summed E-state index contributed by atoms with van der Waals surface area (Å²) < 4.78 is 31.4. The van der Waals surface area contributed by atoms with Gasteiger partial charge < -0.3 is 24.2 Å². The van der Waals surface area contributed by atoms with E-state index in [-0.39, 0.29) is 36.1 Å². The van der Waals surface area contributed by atoms with Crippen molar-refractivity contribution in [1.29, 1.82) is 0 Å². The molecule has 1 saturated heterocycles. The molecule has 1 aromatic heterocycles. The number of nitrogens with one attached hydrogen (secondary N) is 1. The third-order valence-corrected chi connectivity index (χ3v) is 6.65. The third-order valence-electron chi connectivity index (χ3n) is 6.65. The molecule has 2 aromatic carbocycles. The summed E-state index contributed by atoms with van der Waals surface area (Å²) in [5.74, 6) is -0.295. The number of ether oxygens (including phenoxy) is 2. The largest absolute Gasteiger partial charge is 0.491 e. The van der Waals surface area contributed by atoms with Crippen molar-refractivity contribution in [3.63, 3.8) is 0 Å². The van der Waals surface area contributed by atoms with Crippen molar-refractivity contribution >= 4 is 11.8 Å². The van der Waals surface area contributed by atoms with Crippen LogP contribution in [0.15, 0.2) is 59.1 Å². The Hall–Kier alpha value is -3.72. The number of aromatic nitrogens is 1. The van der Waals surface area contributed by atoms with Crippen molar-refractivity contribution in [2.24, 2.45) is 0 Å². The molecule has 0 radical (unpaired) electrons. The van der Waals surface area contributed by atoms with Gasteiger partial charge in [-0.2, -0.15) is 0 Å². The van der Waals surface area contributed by atoms with E-state index in [0.717, 1.165) is 30.6 Å². The van der Waals surface area contributed by atoms with Gasteiger partial charge in [-0.3, -0.25) is 9.59 Å². The fourth-order valence-corrected chi connectivity index (χ4v) is 4.75. The number of fused-ring (bicyclic) bond motifs is 1. The molecule has 1 atom stereocenters. The summed E-state index contributed by atoms with van der Waals surface area (Å²) in [6.07, 6.45) is 2.89. The Kier molecular flexibility index (Phi) is 6.99. The highest BCUT2D eigenvalue weighted by Gasteiger charge is 2.45. The molecule has 3 aromatic rings. The number of halogens is 1. The van der Waals surface area contributed by atoms with Gasteiger partial charge >= 0.3 is 0 Å². The van der Waals surface area contributed by atoms with E-state index in [1.54, 1.807) is 23.1 Å². The number of nitrogens with zero attached hydrogens (tertiary/aromatic N) is 2. The molecule has 188 valence electrons. The van der Waals surface area contributed by atoms with Crippen molar-refractivity contribution in [1.82, 2.24) is 15.4 Å². The molecule has 2 amide bonds. The number of hydrogen-bond donors (Lipinski definition) is 1. The van der Waals surface area contributed by atoms with Crippen LogP contribution in [0, 0.1) is 5.82 Å². The highest BCUT2D eigenvalue weighted by atomic mass is 19.1. The van der Waals surface area contributed by atoms with E-state index in [1.165, 1.54) is 12.1 Å². The molecular weight excluding hydrogens is 465 g/mol. The van der Waals surface area contributed by atoms with Crippen LogP contribution < -0.4 is 10.1 Å². The standard InChI is InChI=1S/C27H28FN3O5/c28-21-10-3-2-9-20(21)22-17-24(36-30-22)25(32)31-14-16-35-27(18-31)12-6-5-8-19-7-1-4-11-23(19)34-15-13-29-26(27)33/h1-4,7,9-11,17H,5-6,8,12-16,18H2,(H,29,33). The molecule has 2 aliphatic heterocycles. The molecule has 0 aliphatic carbocycles. The van der Waals surface area contributed by atoms with E-state index in [9.17, 15) is 14.0 Å². The van der Waals surface area contributed by atoms with Gasteiger partial charge in [-0.25, -0.2) is 4.39 Å². The first-order valence-corrected chi connectivity index (χ1v) is 12.2. The van der Waals surface area contributed by atoms with Crippen LogP contribution in [0.1, 0.15) is 35.4 Å². The fourth-order valence-electron chi connectivity index (χ4n) is 4.75. The number of amides is 2. The minimum absolute atomic E-state index is 0.0103. The zero-order valence-corrected chi connectivity index (χ0v) is 19.9. The molecule has 1 spiro atoms. The van der Waals surface area contributed by atoms with E-state index >= 15 is 0 Å². The van der Waals surface area contributed by atoms with Gasteiger partial charge in [0.05, 0.1) is 19.7 Å². The number of carbonyl (C=O) groups excluding carboxylic acids is 2. The zero-order chi connectivity index (χ0) is 25.0. The molecule has 0 saturated carbocycles. The van der Waals surface area contributed by atoms with Crippen LogP contribution in [0.3, 0.4) is 0 Å². The highest BCUT2D eigenvalue weighted by Crippen LogP contribution is 2.29. The maximum atomic E-state index is 14.1. The molecule has 1 N–H and O–H groups in total. The number of aryl methyl sites for hydroxylation is 1. The maximum absolute atomic E-state index is 14.1. The van der Waals surface area contributed by atoms with Crippen LogP contribution in [0.5, 0.6) is 5.75 Å². The predicted octanol–water partition coefficient (Wildman–Crippen LogP) is 3.61. The zero-order valence-electron chi connectivity index (χ0n) is 19.9. The number of hydrogen-bond acceptors (Lipinski definition) is 6. The van der Waals surface area contributed by atoms with Crippen LogP contribution >= 0.6 is 0 Å². The molecule has 36 heavy (non-hydrogen) atoms. The Balaban J connectivity index is 1.31. The van der Waals surface area contributed by atoms with E-state index in [0.29, 0.717) is 26.1 Å². The Labute approximate surface area is 208 Å². The summed E-state index contributed by atoms with van der Waals surface area (Å²) in [7, 11) is 0. The first-order chi connectivity index (χ1) is 17.6. The van der Waals surface area contributed by atoms with Gasteiger partial charge in [-0.05, 0) is 49.4 Å². The van der Waals surface area contributed by atoms with Crippen molar-refractivity contribution in [2.45, 2.75) is 31.3 Å². The number of carbonyl (C=O) groups is 2. The molecule has 1 fully saturated rings. The van der Waals surface area contributed by atoms with Crippen LogP contribution in [0.2, 0.25) is 0 Å². The Morgan fingerprint density at radius 1 is 1.08 bits per heavy atom. The summed E-state index contributed by atoms with van der Waals surface area (Å²) in [5.41, 5.74) is 0.460. The van der Waals surface area contributed by atoms with Crippen molar-refractivity contribution in [3.8, 4) is 17.0 Å². The molecule has 8 nitrogen and oxygen atoms in total. The van der Waals surface area contributed by atoms with Crippen LogP contribution in [-0.4, -0.2) is 60.3 Å². The van der Waals surface area contributed by atoms with Crippen LogP contribution in [0.25, 0.3) is 11.3 Å². The quantitative estimate of drug-likeness (QED) is 0.586. The van der Waals surface area contributed by atoms with Gasteiger partial charge in [0.25, 0.3) is 11.8 Å². The Bertz CT molecular complexity index is 1250. The lowest BCUT2D eigenvalue weighted by Gasteiger charge is -2.41. The van der Waals surface area contributed by atoms with E-state index in [2.05, 4.69) is 16.5 Å². The lowest BCUT2D eigenvalue weighted by Crippen LogP contribution is -2.61. The second-order valence-corrected chi connectivity index (χ2v) is 9.04. The van der Waals surface area contributed by atoms with Crippen molar-refractivity contribution < 1.29 is 28.0 Å². The first-order valence-electron chi connectivity index (χ1n) is 12.2.